The van der Waals surface area contributed by atoms with E-state index in [1.807, 2.05) is 6.92 Å². The minimum Gasteiger partial charge on any atom is -0.323 e. The molecule has 2 heterocycles. The average molecular weight is 440 g/mol. The number of hydrogen-bond acceptors (Lipinski definition) is 5. The number of aryl methyl sites for hydroxylation is 3. The van der Waals surface area contributed by atoms with Crippen LogP contribution in [0.5, 0.6) is 0 Å². The summed E-state index contributed by atoms with van der Waals surface area (Å²) in [5.74, 6) is 0.656. The summed E-state index contributed by atoms with van der Waals surface area (Å²) in [6.07, 6.45) is 10.8. The van der Waals surface area contributed by atoms with Crippen molar-refractivity contribution in [3.63, 3.8) is 0 Å². The van der Waals surface area contributed by atoms with Crippen LogP contribution in [0.4, 0.5) is 5.95 Å². The van der Waals surface area contributed by atoms with Gasteiger partial charge in [-0.25, -0.2) is 9.97 Å². The lowest BCUT2D eigenvalue weighted by molar-refractivity contribution is -0.129. The van der Waals surface area contributed by atoms with Gasteiger partial charge in [-0.2, -0.15) is 0 Å². The number of carbonyl (C=O) groups is 1. The molecule has 0 radical (unpaired) electrons. The second kappa shape index (κ2) is 11.6. The molecule has 1 fully saturated rings. The molecule has 1 aliphatic rings. The normalized spacial score (nSPS) is 21.0. The fourth-order valence-corrected chi connectivity index (χ4v) is 4.59. The molecule has 6 heteroatoms. The smallest absolute Gasteiger partial charge is 0.227 e. The lowest BCUT2D eigenvalue weighted by atomic mass is 9.91. The molecule has 176 valence electrons. The summed E-state index contributed by atoms with van der Waals surface area (Å²) in [5.41, 5.74) is 4.31. The van der Waals surface area contributed by atoms with E-state index in [1.54, 1.807) is 0 Å². The van der Waals surface area contributed by atoms with Crippen molar-refractivity contribution in [3.05, 3.63) is 29.0 Å². The van der Waals surface area contributed by atoms with Crippen molar-refractivity contribution in [3.8, 4) is 0 Å². The average Bonchev–Trinajstić information content (AvgIpc) is 2.73. The molecular weight excluding hydrogens is 398 g/mol. The first-order valence-electron chi connectivity index (χ1n) is 12.5. The van der Waals surface area contributed by atoms with Gasteiger partial charge in [0, 0.05) is 11.4 Å². The third-order valence-corrected chi connectivity index (χ3v) is 6.80. The zero-order valence-corrected chi connectivity index (χ0v) is 20.6. The quantitative estimate of drug-likeness (QED) is 0.403. The van der Waals surface area contributed by atoms with Crippen LogP contribution < -0.4 is 16.0 Å². The van der Waals surface area contributed by atoms with Crippen LogP contribution in [0.3, 0.4) is 0 Å². The van der Waals surface area contributed by atoms with Gasteiger partial charge in [-0.1, -0.05) is 58.3 Å². The largest absolute Gasteiger partial charge is 0.323 e. The molecule has 3 atom stereocenters. The van der Waals surface area contributed by atoms with E-state index >= 15 is 0 Å². The fourth-order valence-electron chi connectivity index (χ4n) is 4.59. The van der Waals surface area contributed by atoms with Crippen LogP contribution in [0.1, 0.15) is 88.5 Å². The molecule has 2 aromatic rings. The van der Waals surface area contributed by atoms with Gasteiger partial charge in [0.2, 0.25) is 11.9 Å². The Morgan fingerprint density at radius 1 is 0.938 bits per heavy atom. The lowest BCUT2D eigenvalue weighted by Crippen LogP contribution is -2.63. The van der Waals surface area contributed by atoms with Crippen LogP contribution in [0.15, 0.2) is 12.1 Å². The summed E-state index contributed by atoms with van der Waals surface area (Å²) >= 11 is 0. The van der Waals surface area contributed by atoms with Gasteiger partial charge in [0.25, 0.3) is 0 Å². The number of nitrogens with zero attached hydrogens (tertiary/aromatic N) is 2. The van der Waals surface area contributed by atoms with E-state index in [-0.39, 0.29) is 24.2 Å². The van der Waals surface area contributed by atoms with Crippen LogP contribution in [0, 0.1) is 26.7 Å². The maximum absolute atomic E-state index is 12.8. The third-order valence-electron chi connectivity index (χ3n) is 6.80. The van der Waals surface area contributed by atoms with Gasteiger partial charge < -0.3 is 10.6 Å². The van der Waals surface area contributed by atoms with Gasteiger partial charge >= 0.3 is 0 Å². The number of nitrogens with one attached hydrogen (secondary N) is 3. The number of carbonyl (C=O) groups excluding carboxylic acids is 1. The summed E-state index contributed by atoms with van der Waals surface area (Å²) in [5, 5.41) is 10.9. The summed E-state index contributed by atoms with van der Waals surface area (Å²) < 4.78 is 0. The van der Waals surface area contributed by atoms with E-state index in [2.05, 4.69) is 65.7 Å². The Morgan fingerprint density at radius 2 is 1.59 bits per heavy atom. The Morgan fingerprint density at radius 3 is 2.28 bits per heavy atom. The Labute approximate surface area is 193 Å². The number of anilines is 1. The molecule has 0 aliphatic carbocycles. The number of rotatable bonds is 11. The molecule has 32 heavy (non-hydrogen) atoms. The predicted molar refractivity (Wildman–Crippen MR) is 133 cm³/mol. The SMILES string of the molecule is CCCCCCCCCCC1C(=O)NC(Nc2nc(C)c3cc(C)c(C)cc3n2)NC1C. The van der Waals surface area contributed by atoms with E-state index in [1.165, 1.54) is 56.1 Å². The van der Waals surface area contributed by atoms with Crippen molar-refractivity contribution in [1.29, 1.82) is 0 Å². The molecule has 0 bridgehead atoms. The fraction of sp³-hybridized carbons (Fsp3) is 0.654. The zero-order chi connectivity index (χ0) is 23.1. The molecule has 1 amide bonds. The summed E-state index contributed by atoms with van der Waals surface area (Å²) in [6.45, 7) is 10.5. The summed E-state index contributed by atoms with van der Waals surface area (Å²) in [7, 11) is 0. The van der Waals surface area contributed by atoms with E-state index < -0.39 is 0 Å². The summed E-state index contributed by atoms with van der Waals surface area (Å²) in [4.78, 5) is 22.1. The minimum absolute atomic E-state index is 0.0121. The van der Waals surface area contributed by atoms with Gasteiger partial charge in [-0.3, -0.25) is 10.1 Å². The first-order chi connectivity index (χ1) is 15.4. The molecule has 6 nitrogen and oxygen atoms in total. The van der Waals surface area contributed by atoms with Gasteiger partial charge in [0.05, 0.1) is 17.1 Å². The van der Waals surface area contributed by atoms with Crippen molar-refractivity contribution in [1.82, 2.24) is 20.6 Å². The Balaban J connectivity index is 1.50. The maximum Gasteiger partial charge on any atom is 0.227 e. The van der Waals surface area contributed by atoms with Crippen LogP contribution in [-0.4, -0.2) is 28.2 Å². The highest BCUT2D eigenvalue weighted by Crippen LogP contribution is 2.23. The molecule has 1 aromatic heterocycles. The monoisotopic (exact) mass is 439 g/mol. The number of amides is 1. The number of benzene rings is 1. The number of unbranched alkanes of at least 4 members (excludes halogenated alkanes) is 7. The van der Waals surface area contributed by atoms with Crippen LogP contribution in [0.25, 0.3) is 10.9 Å². The molecule has 0 saturated carbocycles. The van der Waals surface area contributed by atoms with Crippen LogP contribution in [-0.2, 0) is 4.79 Å². The zero-order valence-electron chi connectivity index (χ0n) is 20.6. The number of fused-ring (bicyclic) bond motifs is 1. The third kappa shape index (κ3) is 6.41. The van der Waals surface area contributed by atoms with Crippen LogP contribution in [0.2, 0.25) is 0 Å². The Bertz CT molecular complexity index is 913. The predicted octanol–water partition coefficient (Wildman–Crippen LogP) is 5.51. The van der Waals surface area contributed by atoms with Gasteiger partial charge in [0.15, 0.2) is 6.29 Å². The lowest BCUT2D eigenvalue weighted by Gasteiger charge is -2.36. The molecule has 1 aliphatic heterocycles. The van der Waals surface area contributed by atoms with Crippen molar-refractivity contribution in [2.24, 2.45) is 5.92 Å². The standard InChI is InChI=1S/C26H41N5O/c1-6-7-8-9-10-11-12-13-14-21-19(4)27-26(30-24(21)32)31-25-28-20(5)22-15-17(2)18(3)16-23(22)29-25/h15-16,19,21,26-27H,6-14H2,1-5H3,(H,30,32)(H,28,29,31). The van der Waals surface area contributed by atoms with Crippen molar-refractivity contribution in [2.45, 2.75) is 105 Å². The van der Waals surface area contributed by atoms with Gasteiger partial charge in [-0.15, -0.1) is 0 Å². The summed E-state index contributed by atoms with van der Waals surface area (Å²) in [6, 6.07) is 4.35. The highest BCUT2D eigenvalue weighted by molar-refractivity contribution is 5.84. The first-order valence-corrected chi connectivity index (χ1v) is 12.5. The molecule has 3 rings (SSSR count). The highest BCUT2D eigenvalue weighted by Gasteiger charge is 2.33. The van der Waals surface area contributed by atoms with Crippen molar-refractivity contribution in [2.75, 3.05) is 5.32 Å². The second-order valence-corrected chi connectivity index (χ2v) is 9.50. The van der Waals surface area contributed by atoms with E-state index in [0.717, 1.165) is 29.4 Å². The number of aromatic nitrogens is 2. The van der Waals surface area contributed by atoms with E-state index in [0.29, 0.717) is 5.95 Å². The Hall–Kier alpha value is -2.21. The molecule has 3 unspecified atom stereocenters. The van der Waals surface area contributed by atoms with Gasteiger partial charge in [0.1, 0.15) is 0 Å². The van der Waals surface area contributed by atoms with Crippen LogP contribution >= 0.6 is 0 Å². The Kier molecular flexibility index (Phi) is 8.85. The second-order valence-electron chi connectivity index (χ2n) is 9.50. The van der Waals surface area contributed by atoms with Gasteiger partial charge in [-0.05, 0) is 57.4 Å². The maximum atomic E-state index is 12.8. The topological polar surface area (TPSA) is 78.9 Å². The molecule has 3 N–H and O–H groups in total. The molecule has 1 saturated heterocycles. The van der Waals surface area contributed by atoms with E-state index in [4.69, 9.17) is 0 Å². The first kappa shape index (κ1) is 24.4. The minimum atomic E-state index is -0.365. The molecule has 0 spiro atoms. The van der Waals surface area contributed by atoms with Crippen molar-refractivity contribution < 1.29 is 4.79 Å². The van der Waals surface area contributed by atoms with Crippen molar-refractivity contribution >= 4 is 22.8 Å². The number of hydrogen-bond donors (Lipinski definition) is 3. The highest BCUT2D eigenvalue weighted by atomic mass is 16.2. The molecule has 1 aromatic carbocycles. The molecular formula is C26H41N5O. The van der Waals surface area contributed by atoms with E-state index in [9.17, 15) is 4.79 Å².